The smallest absolute Gasteiger partial charge is 0.332 e. The van der Waals surface area contributed by atoms with Crippen LogP contribution in [0.2, 0.25) is 0 Å². The standard InChI is InChI=1S/C14H14N4O4/c1-8-9(2)12(18(20)21)5-4-11(8)13-6-3-10(22-13)7-16-17-14(15)19/h3-7H,1-2H3,(H3,15,17,19). The van der Waals surface area contributed by atoms with Crippen molar-refractivity contribution in [3.63, 3.8) is 0 Å². The van der Waals surface area contributed by atoms with Gasteiger partial charge in [-0.25, -0.2) is 10.2 Å². The summed E-state index contributed by atoms with van der Waals surface area (Å²) in [7, 11) is 0. The molecule has 0 aliphatic carbocycles. The van der Waals surface area contributed by atoms with Gasteiger partial charge in [0.2, 0.25) is 0 Å². The number of amides is 2. The average molecular weight is 302 g/mol. The Labute approximate surface area is 125 Å². The van der Waals surface area contributed by atoms with Crippen molar-refractivity contribution in [2.75, 3.05) is 0 Å². The molecule has 1 aromatic carbocycles. The fraction of sp³-hybridized carbons (Fsp3) is 0.143. The van der Waals surface area contributed by atoms with E-state index in [4.69, 9.17) is 10.2 Å². The molecular formula is C14H14N4O4. The van der Waals surface area contributed by atoms with Crippen LogP contribution in [-0.2, 0) is 0 Å². The van der Waals surface area contributed by atoms with Gasteiger partial charge in [0.1, 0.15) is 11.5 Å². The fourth-order valence-corrected chi connectivity index (χ4v) is 2.00. The Morgan fingerprint density at radius 2 is 2.05 bits per heavy atom. The van der Waals surface area contributed by atoms with Gasteiger partial charge < -0.3 is 10.2 Å². The van der Waals surface area contributed by atoms with E-state index in [-0.39, 0.29) is 5.69 Å². The van der Waals surface area contributed by atoms with E-state index in [1.165, 1.54) is 12.3 Å². The first-order valence-electron chi connectivity index (χ1n) is 6.33. The number of hydrogen-bond acceptors (Lipinski definition) is 5. The number of nitrogens with one attached hydrogen (secondary N) is 1. The Hall–Kier alpha value is -3.16. The fourth-order valence-electron chi connectivity index (χ4n) is 2.00. The van der Waals surface area contributed by atoms with E-state index in [0.717, 1.165) is 11.1 Å². The highest BCUT2D eigenvalue weighted by Crippen LogP contribution is 2.31. The van der Waals surface area contributed by atoms with Crippen molar-refractivity contribution in [2.45, 2.75) is 13.8 Å². The molecule has 22 heavy (non-hydrogen) atoms. The van der Waals surface area contributed by atoms with Crippen LogP contribution in [0.25, 0.3) is 11.3 Å². The maximum atomic E-state index is 10.9. The van der Waals surface area contributed by atoms with Crippen LogP contribution < -0.4 is 11.2 Å². The SMILES string of the molecule is Cc1c(-c2ccc(C=NNC(N)=O)o2)ccc([N+](=O)[O-])c1C. The highest BCUT2D eigenvalue weighted by molar-refractivity contribution is 5.80. The zero-order valence-electron chi connectivity index (χ0n) is 12.0. The van der Waals surface area contributed by atoms with E-state index in [2.05, 4.69) is 10.5 Å². The Kier molecular flexibility index (Phi) is 4.21. The Bertz CT molecular complexity index is 764. The summed E-state index contributed by atoms with van der Waals surface area (Å²) >= 11 is 0. The molecule has 0 atom stereocenters. The number of benzene rings is 1. The lowest BCUT2D eigenvalue weighted by molar-refractivity contribution is -0.385. The number of primary amides is 1. The van der Waals surface area contributed by atoms with Crippen LogP contribution in [0.1, 0.15) is 16.9 Å². The number of rotatable bonds is 4. The summed E-state index contributed by atoms with van der Waals surface area (Å²) in [5, 5.41) is 14.5. The van der Waals surface area contributed by atoms with Crippen molar-refractivity contribution in [2.24, 2.45) is 10.8 Å². The molecule has 2 amide bonds. The first kappa shape index (κ1) is 15.2. The number of nitro benzene ring substituents is 1. The van der Waals surface area contributed by atoms with E-state index in [1.807, 2.05) is 0 Å². The quantitative estimate of drug-likeness (QED) is 0.511. The van der Waals surface area contributed by atoms with Crippen LogP contribution in [0, 0.1) is 24.0 Å². The molecule has 0 fully saturated rings. The average Bonchev–Trinajstić information content (AvgIpc) is 2.89. The van der Waals surface area contributed by atoms with E-state index >= 15 is 0 Å². The molecule has 1 heterocycles. The minimum atomic E-state index is -0.773. The summed E-state index contributed by atoms with van der Waals surface area (Å²) in [5.41, 5.74) is 9.11. The van der Waals surface area contributed by atoms with Gasteiger partial charge in [-0.05, 0) is 37.6 Å². The first-order valence-corrected chi connectivity index (χ1v) is 6.33. The summed E-state index contributed by atoms with van der Waals surface area (Å²) in [5.74, 6) is 0.968. The third-order valence-corrected chi connectivity index (χ3v) is 3.21. The number of nitro groups is 1. The molecule has 3 N–H and O–H groups in total. The molecule has 0 unspecified atom stereocenters. The van der Waals surface area contributed by atoms with E-state index in [1.54, 1.807) is 32.0 Å². The van der Waals surface area contributed by atoms with E-state index in [0.29, 0.717) is 17.1 Å². The van der Waals surface area contributed by atoms with Crippen molar-refractivity contribution in [3.05, 3.63) is 51.3 Å². The van der Waals surface area contributed by atoms with Gasteiger partial charge in [0, 0.05) is 17.2 Å². The van der Waals surface area contributed by atoms with Gasteiger partial charge in [-0.15, -0.1) is 0 Å². The summed E-state index contributed by atoms with van der Waals surface area (Å²) in [6.07, 6.45) is 1.31. The molecule has 0 spiro atoms. The molecule has 2 aromatic rings. The topological polar surface area (TPSA) is 124 Å². The molecule has 8 nitrogen and oxygen atoms in total. The summed E-state index contributed by atoms with van der Waals surface area (Å²) in [4.78, 5) is 21.0. The van der Waals surface area contributed by atoms with Crippen LogP contribution in [0.3, 0.4) is 0 Å². The second kappa shape index (κ2) is 6.08. The summed E-state index contributed by atoms with van der Waals surface area (Å²) < 4.78 is 5.58. The van der Waals surface area contributed by atoms with Crippen molar-refractivity contribution < 1.29 is 14.1 Å². The van der Waals surface area contributed by atoms with E-state index in [9.17, 15) is 14.9 Å². The van der Waals surface area contributed by atoms with Crippen molar-refractivity contribution in [1.82, 2.24) is 5.43 Å². The molecule has 2 rings (SSSR count). The Balaban J connectivity index is 2.32. The number of urea groups is 1. The number of carbonyl (C=O) groups excluding carboxylic acids is 1. The first-order chi connectivity index (χ1) is 10.4. The highest BCUT2D eigenvalue weighted by Gasteiger charge is 2.16. The van der Waals surface area contributed by atoms with Crippen molar-refractivity contribution in [3.8, 4) is 11.3 Å². The third-order valence-electron chi connectivity index (χ3n) is 3.21. The third kappa shape index (κ3) is 3.11. The minimum Gasteiger partial charge on any atom is -0.455 e. The van der Waals surface area contributed by atoms with Crippen LogP contribution in [0.15, 0.2) is 33.8 Å². The van der Waals surface area contributed by atoms with Gasteiger partial charge in [0.25, 0.3) is 5.69 Å². The molecule has 0 saturated heterocycles. The maximum Gasteiger partial charge on any atom is 0.332 e. The van der Waals surface area contributed by atoms with Gasteiger partial charge in [0.15, 0.2) is 0 Å². The Morgan fingerprint density at radius 3 is 2.68 bits per heavy atom. The molecule has 0 radical (unpaired) electrons. The van der Waals surface area contributed by atoms with Crippen LogP contribution in [0.4, 0.5) is 10.5 Å². The van der Waals surface area contributed by atoms with Gasteiger partial charge in [-0.2, -0.15) is 5.10 Å². The van der Waals surface area contributed by atoms with Gasteiger partial charge in [-0.1, -0.05) is 0 Å². The number of furan rings is 1. The highest BCUT2D eigenvalue weighted by atomic mass is 16.6. The van der Waals surface area contributed by atoms with Crippen molar-refractivity contribution >= 4 is 17.9 Å². The lowest BCUT2D eigenvalue weighted by Gasteiger charge is -2.06. The van der Waals surface area contributed by atoms with Gasteiger partial charge in [-0.3, -0.25) is 10.1 Å². The van der Waals surface area contributed by atoms with Gasteiger partial charge in [0.05, 0.1) is 11.1 Å². The lowest BCUT2D eigenvalue weighted by atomic mass is 10.00. The molecule has 0 saturated carbocycles. The monoisotopic (exact) mass is 302 g/mol. The van der Waals surface area contributed by atoms with Gasteiger partial charge >= 0.3 is 6.03 Å². The number of nitrogens with two attached hydrogens (primary N) is 1. The molecule has 0 bridgehead atoms. The lowest BCUT2D eigenvalue weighted by Crippen LogP contribution is -2.24. The largest absolute Gasteiger partial charge is 0.455 e. The number of nitrogens with zero attached hydrogens (tertiary/aromatic N) is 2. The summed E-state index contributed by atoms with van der Waals surface area (Å²) in [6.45, 7) is 3.49. The molecular weight excluding hydrogens is 288 g/mol. The zero-order chi connectivity index (χ0) is 16.3. The second-order valence-electron chi connectivity index (χ2n) is 4.58. The molecule has 8 heteroatoms. The van der Waals surface area contributed by atoms with Crippen LogP contribution >= 0.6 is 0 Å². The van der Waals surface area contributed by atoms with Crippen LogP contribution in [0.5, 0.6) is 0 Å². The number of hydrazone groups is 1. The summed E-state index contributed by atoms with van der Waals surface area (Å²) in [6, 6.07) is 5.70. The Morgan fingerprint density at radius 1 is 1.32 bits per heavy atom. The number of hydrogen-bond donors (Lipinski definition) is 2. The maximum absolute atomic E-state index is 10.9. The van der Waals surface area contributed by atoms with Crippen LogP contribution in [-0.4, -0.2) is 17.2 Å². The molecule has 114 valence electrons. The predicted molar refractivity (Wildman–Crippen MR) is 80.6 cm³/mol. The predicted octanol–water partition coefficient (Wildman–Crippen LogP) is 2.47. The van der Waals surface area contributed by atoms with E-state index < -0.39 is 11.0 Å². The zero-order valence-corrected chi connectivity index (χ0v) is 12.0. The normalized spacial score (nSPS) is 10.8. The second-order valence-corrected chi connectivity index (χ2v) is 4.58. The number of carbonyl (C=O) groups is 1. The molecule has 0 aliphatic rings. The minimum absolute atomic E-state index is 0.0697. The molecule has 0 aliphatic heterocycles. The molecule has 1 aromatic heterocycles. The van der Waals surface area contributed by atoms with Crippen molar-refractivity contribution in [1.29, 1.82) is 0 Å².